The van der Waals surface area contributed by atoms with Gasteiger partial charge >= 0.3 is 0 Å². The molecule has 1 aromatic rings. The van der Waals surface area contributed by atoms with Crippen molar-refractivity contribution in [1.29, 1.82) is 0 Å². The van der Waals surface area contributed by atoms with Crippen molar-refractivity contribution in [2.45, 2.75) is 57.9 Å². The Bertz CT molecular complexity index is 584. The van der Waals surface area contributed by atoms with Crippen LogP contribution >= 0.6 is 0 Å². The summed E-state index contributed by atoms with van der Waals surface area (Å²) >= 11 is 0. The van der Waals surface area contributed by atoms with E-state index in [2.05, 4.69) is 10.2 Å². The van der Waals surface area contributed by atoms with E-state index in [1.807, 2.05) is 31.2 Å². The minimum absolute atomic E-state index is 0.0383. The van der Waals surface area contributed by atoms with E-state index in [9.17, 15) is 4.79 Å². The van der Waals surface area contributed by atoms with Crippen LogP contribution in [0.4, 0.5) is 0 Å². The summed E-state index contributed by atoms with van der Waals surface area (Å²) in [5.74, 6) is 1.39. The average Bonchev–Trinajstić information content (AvgIpc) is 2.74. The molecule has 0 aromatic heterocycles. The number of benzene rings is 1. The summed E-state index contributed by atoms with van der Waals surface area (Å²) in [5.41, 5.74) is 0.708. The van der Waals surface area contributed by atoms with Gasteiger partial charge in [0.25, 0.3) is 5.91 Å². The first-order chi connectivity index (χ1) is 13.8. The van der Waals surface area contributed by atoms with Gasteiger partial charge in [-0.2, -0.15) is 0 Å². The molecular formula is C23H36N2O3. The lowest BCUT2D eigenvalue weighted by Crippen LogP contribution is -2.47. The number of piperidine rings is 1. The van der Waals surface area contributed by atoms with E-state index in [1.165, 1.54) is 51.6 Å². The van der Waals surface area contributed by atoms with Gasteiger partial charge in [0.05, 0.1) is 6.61 Å². The van der Waals surface area contributed by atoms with Crippen molar-refractivity contribution in [2.75, 3.05) is 39.5 Å². The largest absolute Gasteiger partial charge is 0.491 e. The molecule has 28 heavy (non-hydrogen) atoms. The monoisotopic (exact) mass is 388 g/mol. The third-order valence-corrected chi connectivity index (χ3v) is 5.98. The highest BCUT2D eigenvalue weighted by molar-refractivity contribution is 5.94. The smallest absolute Gasteiger partial charge is 0.251 e. The SMILES string of the molecule is CCOCCOc1ccc(C(=O)N[C@@H]2CCCC[C@H]2CN2CCCCC2)cc1. The second-order valence-electron chi connectivity index (χ2n) is 8.06. The first-order valence-electron chi connectivity index (χ1n) is 11.1. The molecule has 1 saturated heterocycles. The van der Waals surface area contributed by atoms with Crippen LogP contribution in [0, 0.1) is 5.92 Å². The standard InChI is InChI=1S/C23H36N2O3/c1-2-27-16-17-28-21-12-10-19(11-13-21)23(26)24-22-9-5-4-8-20(22)18-25-14-6-3-7-15-25/h10-13,20,22H,2-9,14-18H2,1H3,(H,24,26)/t20-,22+/m0/s1. The maximum Gasteiger partial charge on any atom is 0.251 e. The zero-order valence-corrected chi connectivity index (χ0v) is 17.3. The van der Waals surface area contributed by atoms with E-state index < -0.39 is 0 Å². The number of nitrogens with one attached hydrogen (secondary N) is 1. The van der Waals surface area contributed by atoms with Crippen LogP contribution in [0.3, 0.4) is 0 Å². The average molecular weight is 389 g/mol. The summed E-state index contributed by atoms with van der Waals surface area (Å²) in [7, 11) is 0. The molecule has 1 N–H and O–H groups in total. The number of rotatable bonds is 9. The van der Waals surface area contributed by atoms with Crippen molar-refractivity contribution in [3.05, 3.63) is 29.8 Å². The Labute approximate surface area is 169 Å². The second kappa shape index (κ2) is 11.4. The number of hydrogen-bond acceptors (Lipinski definition) is 4. The molecule has 2 atom stereocenters. The number of likely N-dealkylation sites (tertiary alicyclic amines) is 1. The molecule has 0 bridgehead atoms. The van der Waals surface area contributed by atoms with Crippen molar-refractivity contribution in [3.8, 4) is 5.75 Å². The normalized spacial score (nSPS) is 23.3. The lowest BCUT2D eigenvalue weighted by molar-refractivity contribution is 0.0877. The molecule has 2 aliphatic rings. The first kappa shape index (κ1) is 21.1. The maximum atomic E-state index is 12.8. The van der Waals surface area contributed by atoms with Gasteiger partial charge in [-0.05, 0) is 75.9 Å². The van der Waals surface area contributed by atoms with Crippen LogP contribution in [-0.4, -0.2) is 56.3 Å². The van der Waals surface area contributed by atoms with Crippen molar-refractivity contribution in [1.82, 2.24) is 10.2 Å². The van der Waals surface area contributed by atoms with Crippen molar-refractivity contribution >= 4 is 5.91 Å². The Morgan fingerprint density at radius 1 is 1.04 bits per heavy atom. The van der Waals surface area contributed by atoms with E-state index in [-0.39, 0.29) is 5.91 Å². The molecule has 2 fully saturated rings. The van der Waals surface area contributed by atoms with Crippen molar-refractivity contribution < 1.29 is 14.3 Å². The van der Waals surface area contributed by atoms with Gasteiger partial charge in [-0.3, -0.25) is 4.79 Å². The molecule has 0 unspecified atom stereocenters. The van der Waals surface area contributed by atoms with Crippen molar-refractivity contribution in [2.24, 2.45) is 5.92 Å². The summed E-state index contributed by atoms with van der Waals surface area (Å²) in [6, 6.07) is 7.74. The molecule has 5 nitrogen and oxygen atoms in total. The zero-order valence-electron chi connectivity index (χ0n) is 17.3. The number of ether oxygens (including phenoxy) is 2. The van der Waals surface area contributed by atoms with Crippen molar-refractivity contribution in [3.63, 3.8) is 0 Å². The third kappa shape index (κ3) is 6.49. The number of nitrogens with zero attached hydrogens (tertiary/aromatic N) is 1. The molecule has 156 valence electrons. The topological polar surface area (TPSA) is 50.8 Å². The van der Waals surface area contributed by atoms with Gasteiger partial charge in [0.2, 0.25) is 0 Å². The van der Waals surface area contributed by atoms with Gasteiger partial charge in [0, 0.05) is 24.8 Å². The van der Waals surface area contributed by atoms with Gasteiger partial charge in [-0.1, -0.05) is 19.3 Å². The molecule has 1 aliphatic heterocycles. The zero-order chi connectivity index (χ0) is 19.6. The highest BCUT2D eigenvalue weighted by atomic mass is 16.5. The van der Waals surface area contributed by atoms with Crippen LogP contribution in [0.5, 0.6) is 5.75 Å². The number of amides is 1. The maximum absolute atomic E-state index is 12.8. The predicted molar refractivity (Wildman–Crippen MR) is 112 cm³/mol. The molecule has 1 saturated carbocycles. The Morgan fingerprint density at radius 3 is 2.54 bits per heavy atom. The summed E-state index contributed by atoms with van der Waals surface area (Å²) in [5, 5.41) is 3.33. The molecule has 1 heterocycles. The predicted octanol–water partition coefficient (Wildman–Crippen LogP) is 3.88. The molecule has 0 spiro atoms. The second-order valence-corrected chi connectivity index (χ2v) is 8.06. The highest BCUT2D eigenvalue weighted by Crippen LogP contribution is 2.27. The third-order valence-electron chi connectivity index (χ3n) is 5.98. The minimum Gasteiger partial charge on any atom is -0.491 e. The van der Waals surface area contributed by atoms with Gasteiger partial charge in [-0.25, -0.2) is 0 Å². The van der Waals surface area contributed by atoms with Crippen LogP contribution in [0.1, 0.15) is 62.2 Å². The fourth-order valence-corrected chi connectivity index (χ4v) is 4.41. The number of carbonyl (C=O) groups is 1. The van der Waals surface area contributed by atoms with Gasteiger partial charge < -0.3 is 19.7 Å². The summed E-state index contributed by atoms with van der Waals surface area (Å²) in [4.78, 5) is 15.4. The molecule has 0 radical (unpaired) electrons. The Morgan fingerprint density at radius 2 is 1.79 bits per heavy atom. The first-order valence-corrected chi connectivity index (χ1v) is 11.1. The highest BCUT2D eigenvalue weighted by Gasteiger charge is 2.28. The minimum atomic E-state index is 0.0383. The molecule has 1 aliphatic carbocycles. The van der Waals surface area contributed by atoms with Gasteiger partial charge in [0.15, 0.2) is 0 Å². The molecular weight excluding hydrogens is 352 g/mol. The fourth-order valence-electron chi connectivity index (χ4n) is 4.41. The molecule has 3 rings (SSSR count). The summed E-state index contributed by atoms with van der Waals surface area (Å²) in [6.45, 7) is 7.36. The summed E-state index contributed by atoms with van der Waals surface area (Å²) < 4.78 is 10.9. The van der Waals surface area contributed by atoms with Gasteiger partial charge in [0.1, 0.15) is 12.4 Å². The van der Waals surface area contributed by atoms with E-state index in [0.717, 1.165) is 18.7 Å². The van der Waals surface area contributed by atoms with Crippen LogP contribution in [0.15, 0.2) is 24.3 Å². The van der Waals surface area contributed by atoms with E-state index in [0.29, 0.717) is 37.3 Å². The Kier molecular flexibility index (Phi) is 8.62. The number of hydrogen-bond donors (Lipinski definition) is 1. The Hall–Kier alpha value is -1.59. The van der Waals surface area contributed by atoms with Crippen LogP contribution in [0.2, 0.25) is 0 Å². The van der Waals surface area contributed by atoms with E-state index >= 15 is 0 Å². The lowest BCUT2D eigenvalue weighted by atomic mass is 9.83. The lowest BCUT2D eigenvalue weighted by Gasteiger charge is -2.37. The molecule has 5 heteroatoms. The van der Waals surface area contributed by atoms with Crippen LogP contribution in [-0.2, 0) is 4.74 Å². The van der Waals surface area contributed by atoms with E-state index in [4.69, 9.17) is 9.47 Å². The molecule has 1 amide bonds. The quantitative estimate of drug-likeness (QED) is 0.653. The van der Waals surface area contributed by atoms with Gasteiger partial charge in [-0.15, -0.1) is 0 Å². The summed E-state index contributed by atoms with van der Waals surface area (Å²) in [6.07, 6.45) is 8.85. The van der Waals surface area contributed by atoms with Crippen LogP contribution < -0.4 is 10.1 Å². The number of carbonyl (C=O) groups excluding carboxylic acids is 1. The Balaban J connectivity index is 1.50. The van der Waals surface area contributed by atoms with Crippen LogP contribution in [0.25, 0.3) is 0 Å². The van der Waals surface area contributed by atoms with E-state index in [1.54, 1.807) is 0 Å². The fraction of sp³-hybridized carbons (Fsp3) is 0.696. The molecule has 1 aromatic carbocycles.